The molecule has 1 N–H and O–H groups in total. The zero-order valence-corrected chi connectivity index (χ0v) is 9.69. The second-order valence-electron chi connectivity index (χ2n) is 3.55. The fraction of sp³-hybridized carbons (Fsp3) is 0.250. The van der Waals surface area contributed by atoms with Crippen LogP contribution in [0.4, 0.5) is 0 Å². The molecule has 0 saturated heterocycles. The molecular formula is C12H14ClNO. The van der Waals surface area contributed by atoms with Gasteiger partial charge in [0.1, 0.15) is 0 Å². The van der Waals surface area contributed by atoms with Gasteiger partial charge in [-0.2, -0.15) is 0 Å². The third-order valence-corrected chi connectivity index (χ3v) is 2.47. The highest BCUT2D eigenvalue weighted by molar-refractivity contribution is 6.31. The van der Waals surface area contributed by atoms with E-state index in [1.54, 1.807) is 18.2 Å². The van der Waals surface area contributed by atoms with Gasteiger partial charge in [0, 0.05) is 17.1 Å². The molecule has 0 saturated carbocycles. The number of hydrogen-bond donors (Lipinski definition) is 1. The number of benzene rings is 1. The fourth-order valence-electron chi connectivity index (χ4n) is 1.18. The van der Waals surface area contributed by atoms with Crippen molar-refractivity contribution in [2.24, 2.45) is 0 Å². The zero-order chi connectivity index (χ0) is 11.4. The minimum absolute atomic E-state index is 0.113. The molecule has 0 bridgehead atoms. The number of nitrogens with one attached hydrogen (secondary N) is 1. The van der Waals surface area contributed by atoms with E-state index in [1.165, 1.54) is 0 Å². The van der Waals surface area contributed by atoms with Crippen LogP contribution in [0.2, 0.25) is 5.02 Å². The van der Waals surface area contributed by atoms with E-state index in [1.807, 2.05) is 13.8 Å². The molecule has 0 fully saturated rings. The molecule has 1 aromatic carbocycles. The molecule has 0 radical (unpaired) electrons. The average molecular weight is 224 g/mol. The average Bonchev–Trinajstić information content (AvgIpc) is 2.18. The number of carbonyl (C=O) groups is 1. The summed E-state index contributed by atoms with van der Waals surface area (Å²) in [6, 6.07) is 5.30. The van der Waals surface area contributed by atoms with Crippen molar-refractivity contribution in [3.05, 3.63) is 46.5 Å². The smallest absolute Gasteiger partial charge is 0.251 e. The number of rotatable bonds is 3. The Morgan fingerprint density at radius 1 is 1.53 bits per heavy atom. The molecule has 0 aliphatic carbocycles. The van der Waals surface area contributed by atoms with Gasteiger partial charge in [-0.1, -0.05) is 29.8 Å². The van der Waals surface area contributed by atoms with Crippen molar-refractivity contribution in [3.63, 3.8) is 0 Å². The Kier molecular flexibility index (Phi) is 3.92. The molecule has 0 aromatic heterocycles. The maximum atomic E-state index is 11.7. The first kappa shape index (κ1) is 11.8. The summed E-state index contributed by atoms with van der Waals surface area (Å²) >= 11 is 5.92. The van der Waals surface area contributed by atoms with Crippen LogP contribution >= 0.6 is 11.6 Å². The molecule has 1 rings (SSSR count). The Morgan fingerprint density at radius 3 is 2.80 bits per heavy atom. The van der Waals surface area contributed by atoms with E-state index >= 15 is 0 Å². The van der Waals surface area contributed by atoms with Crippen LogP contribution in [0.15, 0.2) is 30.4 Å². The molecule has 3 heteroatoms. The first-order valence-corrected chi connectivity index (χ1v) is 5.08. The molecule has 15 heavy (non-hydrogen) atoms. The number of halogens is 1. The highest BCUT2D eigenvalue weighted by Crippen LogP contribution is 2.18. The largest absolute Gasteiger partial charge is 0.348 e. The normalized spacial score (nSPS) is 9.80. The first-order valence-electron chi connectivity index (χ1n) is 4.70. The first-order chi connectivity index (χ1) is 7.02. The summed E-state index contributed by atoms with van der Waals surface area (Å²) < 4.78 is 0. The molecule has 0 aliphatic heterocycles. The monoisotopic (exact) mass is 223 g/mol. The van der Waals surface area contributed by atoms with Crippen molar-refractivity contribution in [1.29, 1.82) is 0 Å². The molecular weight excluding hydrogens is 210 g/mol. The van der Waals surface area contributed by atoms with Gasteiger partial charge in [-0.25, -0.2) is 0 Å². The van der Waals surface area contributed by atoms with Gasteiger partial charge in [0.25, 0.3) is 5.91 Å². The molecule has 0 heterocycles. The fourth-order valence-corrected chi connectivity index (χ4v) is 1.35. The molecule has 0 aliphatic rings. The van der Waals surface area contributed by atoms with E-state index in [9.17, 15) is 4.79 Å². The zero-order valence-electron chi connectivity index (χ0n) is 8.93. The van der Waals surface area contributed by atoms with Crippen LogP contribution in [-0.2, 0) is 0 Å². The highest BCUT2D eigenvalue weighted by atomic mass is 35.5. The van der Waals surface area contributed by atoms with Crippen LogP contribution in [0.5, 0.6) is 0 Å². The second-order valence-corrected chi connectivity index (χ2v) is 3.96. The lowest BCUT2D eigenvalue weighted by atomic mass is 10.1. The van der Waals surface area contributed by atoms with Crippen molar-refractivity contribution in [3.8, 4) is 0 Å². The van der Waals surface area contributed by atoms with Gasteiger partial charge in [-0.3, -0.25) is 4.79 Å². The van der Waals surface area contributed by atoms with Crippen LogP contribution in [-0.4, -0.2) is 12.5 Å². The highest BCUT2D eigenvalue weighted by Gasteiger charge is 2.09. The lowest BCUT2D eigenvalue weighted by molar-refractivity contribution is 0.0956. The molecule has 0 spiro atoms. The summed E-state index contributed by atoms with van der Waals surface area (Å²) in [4.78, 5) is 11.7. The van der Waals surface area contributed by atoms with E-state index in [4.69, 9.17) is 11.6 Å². The van der Waals surface area contributed by atoms with Crippen molar-refractivity contribution in [2.75, 3.05) is 6.54 Å². The Hall–Kier alpha value is -1.28. The number of hydrogen-bond acceptors (Lipinski definition) is 1. The van der Waals surface area contributed by atoms with Crippen LogP contribution in [0.1, 0.15) is 22.8 Å². The molecule has 0 unspecified atom stereocenters. The topological polar surface area (TPSA) is 29.1 Å². The molecule has 1 amide bonds. The molecule has 1 aromatic rings. The maximum absolute atomic E-state index is 11.7. The molecule has 2 nitrogen and oxygen atoms in total. The van der Waals surface area contributed by atoms with Crippen molar-refractivity contribution >= 4 is 17.5 Å². The van der Waals surface area contributed by atoms with Crippen LogP contribution < -0.4 is 5.32 Å². The quantitative estimate of drug-likeness (QED) is 0.785. The standard InChI is InChI=1S/C12H14ClNO/c1-8(2)7-14-12(15)10-5-4-6-11(13)9(10)3/h4-6H,1,7H2,2-3H3,(H,14,15). The van der Waals surface area contributed by atoms with Gasteiger partial charge in [0.15, 0.2) is 0 Å². The Morgan fingerprint density at radius 2 is 2.20 bits per heavy atom. The third-order valence-electron chi connectivity index (χ3n) is 2.06. The number of carbonyl (C=O) groups excluding carboxylic acids is 1. The van der Waals surface area contributed by atoms with E-state index in [0.717, 1.165) is 11.1 Å². The second kappa shape index (κ2) is 4.99. The van der Waals surface area contributed by atoms with Crippen molar-refractivity contribution in [2.45, 2.75) is 13.8 Å². The predicted octanol–water partition coefficient (Wildman–Crippen LogP) is 2.95. The minimum atomic E-state index is -0.113. The minimum Gasteiger partial charge on any atom is -0.348 e. The SMILES string of the molecule is C=C(C)CNC(=O)c1cccc(Cl)c1C. The molecule has 80 valence electrons. The van der Waals surface area contributed by atoms with Crippen molar-refractivity contribution in [1.82, 2.24) is 5.32 Å². The van der Waals surface area contributed by atoms with Crippen molar-refractivity contribution < 1.29 is 4.79 Å². The summed E-state index contributed by atoms with van der Waals surface area (Å²) in [6.07, 6.45) is 0. The number of amides is 1. The van der Waals surface area contributed by atoms with Gasteiger partial charge >= 0.3 is 0 Å². The third kappa shape index (κ3) is 3.10. The van der Waals surface area contributed by atoms with E-state index in [2.05, 4.69) is 11.9 Å². The molecule has 0 atom stereocenters. The van der Waals surface area contributed by atoms with Crippen LogP contribution in [0.25, 0.3) is 0 Å². The Bertz CT molecular complexity index is 399. The lowest BCUT2D eigenvalue weighted by Gasteiger charge is -2.08. The Labute approximate surface area is 94.9 Å². The maximum Gasteiger partial charge on any atom is 0.251 e. The van der Waals surface area contributed by atoms with Gasteiger partial charge < -0.3 is 5.32 Å². The summed E-state index contributed by atoms with van der Waals surface area (Å²) in [5.74, 6) is -0.113. The predicted molar refractivity (Wildman–Crippen MR) is 63.3 cm³/mol. The van der Waals surface area contributed by atoms with Gasteiger partial charge in [0.05, 0.1) is 0 Å². The van der Waals surface area contributed by atoms with E-state index in [0.29, 0.717) is 17.1 Å². The van der Waals surface area contributed by atoms with Gasteiger partial charge in [0.2, 0.25) is 0 Å². The summed E-state index contributed by atoms with van der Waals surface area (Å²) in [5, 5.41) is 3.38. The van der Waals surface area contributed by atoms with Gasteiger partial charge in [-0.15, -0.1) is 0 Å². The lowest BCUT2D eigenvalue weighted by Crippen LogP contribution is -2.25. The summed E-state index contributed by atoms with van der Waals surface area (Å²) in [5.41, 5.74) is 2.34. The van der Waals surface area contributed by atoms with Crippen LogP contribution in [0, 0.1) is 6.92 Å². The summed E-state index contributed by atoms with van der Waals surface area (Å²) in [6.45, 7) is 7.91. The van der Waals surface area contributed by atoms with Gasteiger partial charge in [-0.05, 0) is 31.5 Å². The Balaban J connectivity index is 2.82. The van der Waals surface area contributed by atoms with E-state index < -0.39 is 0 Å². The van der Waals surface area contributed by atoms with Crippen LogP contribution in [0.3, 0.4) is 0 Å². The summed E-state index contributed by atoms with van der Waals surface area (Å²) in [7, 11) is 0. The van der Waals surface area contributed by atoms with E-state index in [-0.39, 0.29) is 5.91 Å².